The van der Waals surface area contributed by atoms with Crippen molar-refractivity contribution in [3.63, 3.8) is 0 Å². The third-order valence-electron chi connectivity index (χ3n) is 3.22. The fraction of sp³-hybridized carbons (Fsp3) is 0.235. The van der Waals surface area contributed by atoms with Gasteiger partial charge in [0.25, 0.3) is 0 Å². The molecular weight excluding hydrogens is 250 g/mol. The van der Waals surface area contributed by atoms with Gasteiger partial charge in [-0.15, -0.1) is 0 Å². The Hall–Kier alpha value is -2.31. The van der Waals surface area contributed by atoms with Gasteiger partial charge < -0.3 is 9.84 Å². The fourth-order valence-electron chi connectivity index (χ4n) is 2.04. The van der Waals surface area contributed by atoms with Crippen LogP contribution in [-0.4, -0.2) is 5.11 Å². The Bertz CT molecular complexity index is 642. The first kappa shape index (κ1) is 14.1. The van der Waals surface area contributed by atoms with Crippen molar-refractivity contribution in [2.24, 2.45) is 0 Å². The highest BCUT2D eigenvalue weighted by Crippen LogP contribution is 2.25. The third-order valence-corrected chi connectivity index (χ3v) is 3.22. The van der Waals surface area contributed by atoms with E-state index in [-0.39, 0.29) is 0 Å². The van der Waals surface area contributed by atoms with Crippen LogP contribution in [0.5, 0.6) is 5.75 Å². The molecule has 0 radical (unpaired) electrons. The second kappa shape index (κ2) is 6.23. The average molecular weight is 267 g/mol. The smallest absolute Gasteiger partial charge is 0.125 e. The molecule has 2 rings (SSSR count). The third kappa shape index (κ3) is 3.17. The quantitative estimate of drug-likeness (QED) is 0.922. The maximum absolute atomic E-state index is 9.71. The van der Waals surface area contributed by atoms with Gasteiger partial charge in [-0.25, -0.2) is 0 Å². The molecule has 3 nitrogen and oxygen atoms in total. The van der Waals surface area contributed by atoms with Crippen molar-refractivity contribution in [3.8, 4) is 11.8 Å². The van der Waals surface area contributed by atoms with Gasteiger partial charge in [-0.05, 0) is 43.2 Å². The predicted molar refractivity (Wildman–Crippen MR) is 77.3 cm³/mol. The SMILES string of the molecule is Cc1cc(C#N)ccc1COc1ccccc1[C@@H](C)O. The number of aryl methyl sites for hydroxylation is 1. The van der Waals surface area contributed by atoms with E-state index in [9.17, 15) is 5.11 Å². The molecular formula is C17H17NO2. The lowest BCUT2D eigenvalue weighted by Crippen LogP contribution is -2.02. The number of ether oxygens (including phenoxy) is 1. The molecule has 2 aromatic rings. The zero-order chi connectivity index (χ0) is 14.5. The van der Waals surface area contributed by atoms with Gasteiger partial charge >= 0.3 is 0 Å². The van der Waals surface area contributed by atoms with Crippen LogP contribution in [-0.2, 0) is 6.61 Å². The van der Waals surface area contributed by atoms with Gasteiger partial charge in [0.1, 0.15) is 12.4 Å². The fourth-order valence-corrected chi connectivity index (χ4v) is 2.04. The van der Waals surface area contributed by atoms with E-state index in [0.717, 1.165) is 16.7 Å². The Labute approximate surface area is 119 Å². The van der Waals surface area contributed by atoms with E-state index in [1.165, 1.54) is 0 Å². The van der Waals surface area contributed by atoms with Crippen LogP contribution < -0.4 is 4.74 Å². The highest BCUT2D eigenvalue weighted by Gasteiger charge is 2.09. The molecule has 0 aromatic heterocycles. The van der Waals surface area contributed by atoms with Gasteiger partial charge in [-0.3, -0.25) is 0 Å². The minimum atomic E-state index is -0.562. The van der Waals surface area contributed by atoms with Crippen molar-refractivity contribution >= 4 is 0 Å². The molecule has 1 atom stereocenters. The molecule has 0 spiro atoms. The molecule has 0 saturated carbocycles. The minimum absolute atomic E-state index is 0.418. The van der Waals surface area contributed by atoms with Gasteiger partial charge in [0.2, 0.25) is 0 Å². The molecule has 1 N–H and O–H groups in total. The molecule has 0 bridgehead atoms. The lowest BCUT2D eigenvalue weighted by Gasteiger charge is -2.14. The summed E-state index contributed by atoms with van der Waals surface area (Å²) < 4.78 is 5.80. The molecule has 2 aromatic carbocycles. The van der Waals surface area contributed by atoms with Crippen molar-refractivity contribution in [3.05, 3.63) is 64.7 Å². The zero-order valence-corrected chi connectivity index (χ0v) is 11.6. The van der Waals surface area contributed by atoms with Crippen LogP contribution in [0.25, 0.3) is 0 Å². The molecule has 0 aliphatic rings. The number of aliphatic hydroxyl groups excluding tert-OH is 1. The summed E-state index contributed by atoms with van der Waals surface area (Å²) >= 11 is 0. The summed E-state index contributed by atoms with van der Waals surface area (Å²) in [6.45, 7) is 4.09. The topological polar surface area (TPSA) is 53.2 Å². The molecule has 0 saturated heterocycles. The van der Waals surface area contributed by atoms with Crippen molar-refractivity contribution in [2.75, 3.05) is 0 Å². The number of aliphatic hydroxyl groups is 1. The lowest BCUT2D eigenvalue weighted by molar-refractivity contribution is 0.190. The van der Waals surface area contributed by atoms with E-state index in [1.54, 1.807) is 13.0 Å². The summed E-state index contributed by atoms with van der Waals surface area (Å²) in [5.41, 5.74) is 3.48. The van der Waals surface area contributed by atoms with Crippen molar-refractivity contribution in [2.45, 2.75) is 26.6 Å². The van der Waals surface area contributed by atoms with Crippen LogP contribution in [0.1, 0.15) is 35.3 Å². The second-order valence-electron chi connectivity index (χ2n) is 4.76. The van der Waals surface area contributed by atoms with Gasteiger partial charge in [0.05, 0.1) is 17.7 Å². The molecule has 0 aliphatic heterocycles. The van der Waals surface area contributed by atoms with Gasteiger partial charge in [-0.1, -0.05) is 24.3 Å². The summed E-state index contributed by atoms with van der Waals surface area (Å²) in [4.78, 5) is 0. The van der Waals surface area contributed by atoms with Crippen LogP contribution in [0.15, 0.2) is 42.5 Å². The Kier molecular flexibility index (Phi) is 4.39. The molecule has 3 heteroatoms. The Morgan fingerprint density at radius 1 is 1.25 bits per heavy atom. The molecule has 0 amide bonds. The first-order valence-electron chi connectivity index (χ1n) is 6.51. The minimum Gasteiger partial charge on any atom is -0.489 e. The van der Waals surface area contributed by atoms with Crippen LogP contribution in [0, 0.1) is 18.3 Å². The molecule has 0 heterocycles. The summed E-state index contributed by atoms with van der Waals surface area (Å²) in [6, 6.07) is 15.1. The van der Waals surface area contributed by atoms with Gasteiger partial charge in [0.15, 0.2) is 0 Å². The molecule has 0 unspecified atom stereocenters. The monoisotopic (exact) mass is 267 g/mol. The standard InChI is InChI=1S/C17H17NO2/c1-12-9-14(10-18)7-8-15(12)11-20-17-6-4-3-5-16(17)13(2)19/h3-9,13,19H,11H2,1-2H3/t13-/m1/s1. The summed E-state index contributed by atoms with van der Waals surface area (Å²) in [5, 5.41) is 18.6. The molecule has 0 fully saturated rings. The largest absolute Gasteiger partial charge is 0.489 e. The second-order valence-corrected chi connectivity index (χ2v) is 4.76. The highest BCUT2D eigenvalue weighted by atomic mass is 16.5. The normalized spacial score (nSPS) is 11.7. The predicted octanol–water partition coefficient (Wildman–Crippen LogP) is 3.50. The van der Waals surface area contributed by atoms with Gasteiger partial charge in [0, 0.05) is 5.56 Å². The van der Waals surface area contributed by atoms with Crippen LogP contribution in [0.2, 0.25) is 0 Å². The zero-order valence-electron chi connectivity index (χ0n) is 11.6. The highest BCUT2D eigenvalue weighted by molar-refractivity contribution is 5.38. The van der Waals surface area contributed by atoms with E-state index < -0.39 is 6.10 Å². The molecule has 0 aliphatic carbocycles. The Balaban J connectivity index is 2.15. The van der Waals surface area contributed by atoms with E-state index in [2.05, 4.69) is 6.07 Å². The van der Waals surface area contributed by atoms with Crippen molar-refractivity contribution < 1.29 is 9.84 Å². The van der Waals surface area contributed by atoms with Crippen molar-refractivity contribution in [1.29, 1.82) is 5.26 Å². The maximum Gasteiger partial charge on any atom is 0.125 e. The van der Waals surface area contributed by atoms with Crippen LogP contribution >= 0.6 is 0 Å². The van der Waals surface area contributed by atoms with E-state index >= 15 is 0 Å². The van der Waals surface area contributed by atoms with E-state index in [1.807, 2.05) is 43.3 Å². The number of nitriles is 1. The summed E-state index contributed by atoms with van der Waals surface area (Å²) in [7, 11) is 0. The number of para-hydroxylation sites is 1. The van der Waals surface area contributed by atoms with Crippen LogP contribution in [0.3, 0.4) is 0 Å². The van der Waals surface area contributed by atoms with E-state index in [0.29, 0.717) is 17.9 Å². The summed E-state index contributed by atoms with van der Waals surface area (Å²) in [5.74, 6) is 0.686. The number of benzene rings is 2. The Morgan fingerprint density at radius 3 is 2.65 bits per heavy atom. The first-order valence-corrected chi connectivity index (χ1v) is 6.51. The maximum atomic E-state index is 9.71. The summed E-state index contributed by atoms with van der Waals surface area (Å²) in [6.07, 6.45) is -0.562. The lowest BCUT2D eigenvalue weighted by atomic mass is 10.1. The average Bonchev–Trinajstić information content (AvgIpc) is 2.46. The number of hydrogen-bond acceptors (Lipinski definition) is 3. The van der Waals surface area contributed by atoms with Gasteiger partial charge in [-0.2, -0.15) is 5.26 Å². The number of nitrogens with zero attached hydrogens (tertiary/aromatic N) is 1. The van der Waals surface area contributed by atoms with E-state index in [4.69, 9.17) is 10.00 Å². The molecule has 20 heavy (non-hydrogen) atoms. The van der Waals surface area contributed by atoms with Crippen LogP contribution in [0.4, 0.5) is 0 Å². The Morgan fingerprint density at radius 2 is 2.00 bits per heavy atom. The number of hydrogen-bond donors (Lipinski definition) is 1. The number of rotatable bonds is 4. The van der Waals surface area contributed by atoms with Crippen molar-refractivity contribution in [1.82, 2.24) is 0 Å². The first-order chi connectivity index (χ1) is 9.61. The molecule has 102 valence electrons.